The van der Waals surface area contributed by atoms with Gasteiger partial charge in [-0.1, -0.05) is 23.4 Å². The standard InChI is InChI=1S/C16H12N4O2/c1-10-6-15(20-22-10)19-16(21)11(8-17)7-12-9-18-14-5-3-2-4-13(12)14/h2-7,9,18H,1H3,(H,19,20,21). The Bertz CT molecular complexity index is 912. The molecule has 0 fully saturated rings. The number of para-hydroxylation sites is 1. The van der Waals surface area contributed by atoms with Crippen LogP contribution >= 0.6 is 0 Å². The number of carbonyl (C=O) groups is 1. The zero-order valence-corrected chi connectivity index (χ0v) is 11.8. The number of hydrogen-bond acceptors (Lipinski definition) is 4. The molecule has 0 atom stereocenters. The molecule has 0 bridgehead atoms. The Kier molecular flexibility index (Phi) is 3.46. The Balaban J connectivity index is 1.90. The highest BCUT2D eigenvalue weighted by Gasteiger charge is 2.12. The molecule has 0 unspecified atom stereocenters. The fourth-order valence-electron chi connectivity index (χ4n) is 2.13. The Hall–Kier alpha value is -3.33. The van der Waals surface area contributed by atoms with Crippen molar-refractivity contribution in [1.29, 1.82) is 5.26 Å². The number of aromatic nitrogens is 2. The van der Waals surface area contributed by atoms with Gasteiger partial charge in [0, 0.05) is 28.7 Å². The van der Waals surface area contributed by atoms with Crippen molar-refractivity contribution in [3.63, 3.8) is 0 Å². The second kappa shape index (κ2) is 5.58. The van der Waals surface area contributed by atoms with E-state index in [1.54, 1.807) is 25.3 Å². The second-order valence-corrected chi connectivity index (χ2v) is 4.74. The molecular formula is C16H12N4O2. The number of aryl methyl sites for hydroxylation is 1. The molecule has 3 aromatic rings. The molecule has 0 aliphatic rings. The zero-order chi connectivity index (χ0) is 15.5. The third kappa shape index (κ3) is 2.60. The summed E-state index contributed by atoms with van der Waals surface area (Å²) in [6.45, 7) is 1.72. The predicted molar refractivity (Wildman–Crippen MR) is 81.8 cm³/mol. The summed E-state index contributed by atoms with van der Waals surface area (Å²) < 4.78 is 4.87. The summed E-state index contributed by atoms with van der Waals surface area (Å²) in [7, 11) is 0. The lowest BCUT2D eigenvalue weighted by Gasteiger charge is -1.99. The molecule has 0 saturated carbocycles. The largest absolute Gasteiger partial charge is 0.361 e. The number of anilines is 1. The first kappa shape index (κ1) is 13.6. The minimum Gasteiger partial charge on any atom is -0.361 e. The van der Waals surface area contributed by atoms with E-state index in [1.807, 2.05) is 30.3 Å². The van der Waals surface area contributed by atoms with Gasteiger partial charge in [0.25, 0.3) is 5.91 Å². The molecule has 3 rings (SSSR count). The van der Waals surface area contributed by atoms with E-state index in [4.69, 9.17) is 4.52 Å². The zero-order valence-electron chi connectivity index (χ0n) is 11.8. The molecule has 0 radical (unpaired) electrons. The highest BCUT2D eigenvalue weighted by atomic mass is 16.5. The number of nitriles is 1. The molecule has 6 heteroatoms. The summed E-state index contributed by atoms with van der Waals surface area (Å²) in [5.41, 5.74) is 1.71. The Morgan fingerprint density at radius 3 is 3.00 bits per heavy atom. The van der Waals surface area contributed by atoms with Gasteiger partial charge in [0.05, 0.1) is 0 Å². The van der Waals surface area contributed by atoms with Gasteiger partial charge < -0.3 is 14.8 Å². The number of benzene rings is 1. The van der Waals surface area contributed by atoms with Gasteiger partial charge in [-0.05, 0) is 19.1 Å². The van der Waals surface area contributed by atoms with Crippen LogP contribution in [0.4, 0.5) is 5.82 Å². The first-order valence-electron chi connectivity index (χ1n) is 6.60. The summed E-state index contributed by atoms with van der Waals surface area (Å²) in [5.74, 6) is 0.332. The van der Waals surface area contributed by atoms with Crippen LogP contribution in [-0.4, -0.2) is 16.0 Å². The van der Waals surface area contributed by atoms with E-state index in [1.165, 1.54) is 0 Å². The summed E-state index contributed by atoms with van der Waals surface area (Å²) in [4.78, 5) is 15.2. The maximum absolute atomic E-state index is 12.1. The molecule has 6 nitrogen and oxygen atoms in total. The lowest BCUT2D eigenvalue weighted by molar-refractivity contribution is -0.112. The SMILES string of the molecule is Cc1cc(NC(=O)C(C#N)=Cc2c[nH]c3ccccc23)no1. The summed E-state index contributed by atoms with van der Waals surface area (Å²) >= 11 is 0. The van der Waals surface area contributed by atoms with Crippen molar-refractivity contribution in [3.8, 4) is 6.07 Å². The topological polar surface area (TPSA) is 94.7 Å². The maximum atomic E-state index is 12.1. The normalized spacial score (nSPS) is 11.4. The van der Waals surface area contributed by atoms with E-state index in [-0.39, 0.29) is 11.4 Å². The van der Waals surface area contributed by atoms with Crippen LogP contribution in [0.15, 0.2) is 46.6 Å². The monoisotopic (exact) mass is 292 g/mol. The summed E-state index contributed by atoms with van der Waals surface area (Å²) in [5, 5.41) is 16.4. The van der Waals surface area contributed by atoms with E-state index in [0.717, 1.165) is 16.5 Å². The quantitative estimate of drug-likeness (QED) is 0.573. The lowest BCUT2D eigenvalue weighted by atomic mass is 10.1. The van der Waals surface area contributed by atoms with Crippen LogP contribution in [-0.2, 0) is 4.79 Å². The number of fused-ring (bicyclic) bond motifs is 1. The average Bonchev–Trinajstić information content (AvgIpc) is 3.11. The summed E-state index contributed by atoms with van der Waals surface area (Å²) in [6, 6.07) is 11.2. The minimum atomic E-state index is -0.527. The molecule has 2 heterocycles. The number of aromatic amines is 1. The molecule has 2 N–H and O–H groups in total. The van der Waals surface area contributed by atoms with Crippen molar-refractivity contribution in [2.45, 2.75) is 6.92 Å². The Morgan fingerprint density at radius 1 is 1.45 bits per heavy atom. The number of nitrogens with zero attached hydrogens (tertiary/aromatic N) is 2. The maximum Gasteiger partial charge on any atom is 0.267 e. The van der Waals surface area contributed by atoms with Gasteiger partial charge >= 0.3 is 0 Å². The third-order valence-corrected chi connectivity index (χ3v) is 3.16. The lowest BCUT2D eigenvalue weighted by Crippen LogP contribution is -2.13. The van der Waals surface area contributed by atoms with Crippen molar-refractivity contribution in [3.05, 3.63) is 53.4 Å². The van der Waals surface area contributed by atoms with E-state index in [9.17, 15) is 10.1 Å². The van der Waals surface area contributed by atoms with E-state index < -0.39 is 5.91 Å². The van der Waals surface area contributed by atoms with Crippen molar-refractivity contribution < 1.29 is 9.32 Å². The number of hydrogen-bond donors (Lipinski definition) is 2. The highest BCUT2D eigenvalue weighted by Crippen LogP contribution is 2.20. The van der Waals surface area contributed by atoms with Gasteiger partial charge in [-0.25, -0.2) is 0 Å². The molecule has 0 spiro atoms. The Morgan fingerprint density at radius 2 is 2.27 bits per heavy atom. The molecule has 0 aliphatic carbocycles. The number of nitrogens with one attached hydrogen (secondary N) is 2. The molecule has 108 valence electrons. The van der Waals surface area contributed by atoms with Gasteiger partial charge in [0.2, 0.25) is 0 Å². The van der Waals surface area contributed by atoms with E-state index in [2.05, 4.69) is 15.5 Å². The summed E-state index contributed by atoms with van der Waals surface area (Å²) in [6.07, 6.45) is 3.30. The predicted octanol–water partition coefficient (Wildman–Crippen LogP) is 3.01. The molecule has 2 aromatic heterocycles. The fraction of sp³-hybridized carbons (Fsp3) is 0.0625. The molecule has 0 aliphatic heterocycles. The van der Waals surface area contributed by atoms with Crippen LogP contribution in [0.3, 0.4) is 0 Å². The number of H-pyrrole nitrogens is 1. The number of rotatable bonds is 3. The fourth-order valence-corrected chi connectivity index (χ4v) is 2.13. The third-order valence-electron chi connectivity index (χ3n) is 3.16. The first-order valence-corrected chi connectivity index (χ1v) is 6.60. The molecular weight excluding hydrogens is 280 g/mol. The van der Waals surface area contributed by atoms with Gasteiger partial charge in [0.1, 0.15) is 17.4 Å². The van der Waals surface area contributed by atoms with E-state index in [0.29, 0.717) is 5.76 Å². The van der Waals surface area contributed by atoms with Crippen molar-refractivity contribution in [2.24, 2.45) is 0 Å². The minimum absolute atomic E-state index is 0.00888. The highest BCUT2D eigenvalue weighted by molar-refractivity contribution is 6.10. The van der Waals surface area contributed by atoms with Gasteiger partial charge in [0.15, 0.2) is 5.82 Å². The molecule has 22 heavy (non-hydrogen) atoms. The van der Waals surface area contributed by atoms with Crippen molar-refractivity contribution in [1.82, 2.24) is 10.1 Å². The van der Waals surface area contributed by atoms with Gasteiger partial charge in [-0.3, -0.25) is 4.79 Å². The molecule has 0 saturated heterocycles. The molecule has 1 aromatic carbocycles. The van der Waals surface area contributed by atoms with Crippen LogP contribution < -0.4 is 5.32 Å². The van der Waals surface area contributed by atoms with Crippen molar-refractivity contribution in [2.75, 3.05) is 5.32 Å². The second-order valence-electron chi connectivity index (χ2n) is 4.74. The first-order chi connectivity index (χ1) is 10.7. The molecule has 1 amide bonds. The Labute approximate surface area is 126 Å². The van der Waals surface area contributed by atoms with Crippen LogP contribution in [0.5, 0.6) is 0 Å². The number of amides is 1. The van der Waals surface area contributed by atoms with Crippen LogP contribution in [0.1, 0.15) is 11.3 Å². The van der Waals surface area contributed by atoms with Crippen LogP contribution in [0.25, 0.3) is 17.0 Å². The smallest absolute Gasteiger partial charge is 0.267 e. The average molecular weight is 292 g/mol. The number of carbonyl (C=O) groups excluding carboxylic acids is 1. The van der Waals surface area contributed by atoms with Crippen molar-refractivity contribution >= 4 is 28.7 Å². The van der Waals surface area contributed by atoms with Gasteiger partial charge in [-0.15, -0.1) is 0 Å². The van der Waals surface area contributed by atoms with Crippen LogP contribution in [0.2, 0.25) is 0 Å². The van der Waals surface area contributed by atoms with E-state index >= 15 is 0 Å². The van der Waals surface area contributed by atoms with Gasteiger partial charge in [-0.2, -0.15) is 5.26 Å². The van der Waals surface area contributed by atoms with Crippen LogP contribution in [0, 0.1) is 18.3 Å².